The van der Waals surface area contributed by atoms with Gasteiger partial charge < -0.3 is 19.8 Å². The Balaban J connectivity index is 1.39. The van der Waals surface area contributed by atoms with E-state index in [1.807, 2.05) is 6.07 Å². The zero-order valence-electron chi connectivity index (χ0n) is 19.1. The van der Waals surface area contributed by atoms with Crippen molar-refractivity contribution in [2.75, 3.05) is 0 Å². The number of imidazole rings is 1. The number of fused-ring (bicyclic) bond motifs is 1. The maximum atomic E-state index is 14.8. The molecule has 0 saturated carbocycles. The second-order valence-electron chi connectivity index (χ2n) is 8.40. The molecule has 0 saturated heterocycles. The van der Waals surface area contributed by atoms with E-state index in [1.54, 1.807) is 12.1 Å². The molecule has 10 heteroatoms. The Hall–Kier alpha value is -4.24. The van der Waals surface area contributed by atoms with E-state index in [-0.39, 0.29) is 34.5 Å². The summed E-state index contributed by atoms with van der Waals surface area (Å²) in [6.07, 6.45) is 3.62. The summed E-state index contributed by atoms with van der Waals surface area (Å²) in [4.78, 5) is 20.9. The fourth-order valence-electron chi connectivity index (χ4n) is 4.07. The number of nitrogens with zero attached hydrogens (tertiary/aromatic N) is 1. The SMILES string of the molecule is O=C(O)CCc1cccc(Cc2cnc(-c3cc(Oc4c(F)cc5[nH]ccc5c4F)ccc3F)[nH]2)c1Cl. The third-order valence-corrected chi connectivity index (χ3v) is 6.38. The first kappa shape index (κ1) is 24.5. The molecule has 6 nitrogen and oxygen atoms in total. The van der Waals surface area contributed by atoms with E-state index < -0.39 is 29.2 Å². The number of rotatable bonds is 8. The summed E-state index contributed by atoms with van der Waals surface area (Å²) in [5.74, 6) is -3.67. The van der Waals surface area contributed by atoms with Gasteiger partial charge in [0.15, 0.2) is 17.4 Å². The number of carbonyl (C=O) groups is 1. The number of carboxylic acids is 1. The predicted molar refractivity (Wildman–Crippen MR) is 132 cm³/mol. The summed E-state index contributed by atoms with van der Waals surface area (Å²) in [5, 5.41) is 9.56. The van der Waals surface area contributed by atoms with Crippen LogP contribution in [0.5, 0.6) is 11.5 Å². The van der Waals surface area contributed by atoms with E-state index in [0.29, 0.717) is 23.6 Å². The van der Waals surface area contributed by atoms with Gasteiger partial charge >= 0.3 is 5.97 Å². The topological polar surface area (TPSA) is 91.0 Å². The molecule has 5 rings (SSSR count). The number of ether oxygens (including phenoxy) is 1. The fourth-order valence-corrected chi connectivity index (χ4v) is 4.36. The minimum atomic E-state index is -0.914. The van der Waals surface area contributed by atoms with Gasteiger partial charge in [-0.1, -0.05) is 29.8 Å². The Morgan fingerprint density at radius 2 is 1.86 bits per heavy atom. The minimum Gasteiger partial charge on any atom is -0.481 e. The smallest absolute Gasteiger partial charge is 0.303 e. The molecule has 0 aliphatic heterocycles. The first-order chi connectivity index (χ1) is 17.8. The summed E-state index contributed by atoms with van der Waals surface area (Å²) >= 11 is 6.48. The van der Waals surface area contributed by atoms with Gasteiger partial charge in [-0.15, -0.1) is 0 Å². The number of nitrogens with one attached hydrogen (secondary N) is 2. The first-order valence-electron chi connectivity index (χ1n) is 11.2. The van der Waals surface area contributed by atoms with Gasteiger partial charge in [0.2, 0.25) is 0 Å². The lowest BCUT2D eigenvalue weighted by Gasteiger charge is -2.10. The lowest BCUT2D eigenvalue weighted by molar-refractivity contribution is -0.136. The molecule has 3 aromatic carbocycles. The molecular weight excluding hydrogens is 507 g/mol. The maximum absolute atomic E-state index is 14.8. The summed E-state index contributed by atoms with van der Waals surface area (Å²) in [6, 6.07) is 11.7. The molecule has 0 aliphatic carbocycles. The quantitative estimate of drug-likeness (QED) is 0.203. The van der Waals surface area contributed by atoms with Crippen LogP contribution < -0.4 is 4.74 Å². The molecule has 0 bridgehead atoms. The summed E-state index contributed by atoms with van der Waals surface area (Å²) < 4.78 is 49.4. The Labute approximate surface area is 213 Å². The van der Waals surface area contributed by atoms with Gasteiger partial charge in [-0.3, -0.25) is 4.79 Å². The van der Waals surface area contributed by atoms with Crippen LogP contribution in [0.4, 0.5) is 13.2 Å². The molecule has 0 atom stereocenters. The molecule has 2 aromatic heterocycles. The molecule has 0 radical (unpaired) electrons. The Bertz CT molecular complexity index is 1630. The highest BCUT2D eigenvalue weighted by atomic mass is 35.5. The van der Waals surface area contributed by atoms with E-state index in [9.17, 15) is 18.0 Å². The average Bonchev–Trinajstić information content (AvgIpc) is 3.53. The zero-order valence-corrected chi connectivity index (χ0v) is 19.9. The molecular formula is C27H19ClF3N3O3. The number of carboxylic acid groups (broad SMARTS) is 1. The van der Waals surface area contributed by atoms with Gasteiger partial charge in [0.25, 0.3) is 0 Å². The second-order valence-corrected chi connectivity index (χ2v) is 8.78. The van der Waals surface area contributed by atoms with Crippen molar-refractivity contribution >= 4 is 28.5 Å². The summed E-state index contributed by atoms with van der Waals surface area (Å²) in [5.41, 5.74) is 2.44. The number of aromatic nitrogens is 3. The number of benzene rings is 3. The summed E-state index contributed by atoms with van der Waals surface area (Å²) in [7, 11) is 0. The Kier molecular flexibility index (Phi) is 6.62. The van der Waals surface area contributed by atoms with Gasteiger partial charge in [0.05, 0.1) is 11.1 Å². The second kappa shape index (κ2) is 10.0. The first-order valence-corrected chi connectivity index (χ1v) is 11.6. The number of H-pyrrole nitrogens is 2. The largest absolute Gasteiger partial charge is 0.481 e. The van der Waals surface area contributed by atoms with Crippen molar-refractivity contribution in [3.63, 3.8) is 0 Å². The third kappa shape index (κ3) is 5.03. The highest BCUT2D eigenvalue weighted by Gasteiger charge is 2.19. The van der Waals surface area contributed by atoms with E-state index in [2.05, 4.69) is 15.0 Å². The van der Waals surface area contributed by atoms with Crippen molar-refractivity contribution in [3.8, 4) is 22.9 Å². The molecule has 2 heterocycles. The predicted octanol–water partition coefficient (Wildman–Crippen LogP) is 7.03. The van der Waals surface area contributed by atoms with Crippen molar-refractivity contribution < 1.29 is 27.8 Å². The van der Waals surface area contributed by atoms with Crippen molar-refractivity contribution in [1.82, 2.24) is 15.0 Å². The monoisotopic (exact) mass is 525 g/mol. The standard InChI is InChI=1S/C27H19ClF3N3O3/c28-24-14(4-7-23(35)36)2-1-3-15(24)10-16-13-33-27(34-16)19-11-17(5-6-20(19)29)37-26-21(30)12-22-18(25(26)31)8-9-32-22/h1-3,5-6,8-9,11-13,32H,4,7,10H2,(H,33,34)(H,35,36). The van der Waals surface area contributed by atoms with Gasteiger partial charge in [0, 0.05) is 47.4 Å². The lowest BCUT2D eigenvalue weighted by atomic mass is 10.0. The molecule has 188 valence electrons. The maximum Gasteiger partial charge on any atom is 0.303 e. The number of halogens is 4. The van der Waals surface area contributed by atoms with E-state index in [4.69, 9.17) is 21.4 Å². The van der Waals surface area contributed by atoms with Crippen LogP contribution in [0.1, 0.15) is 23.2 Å². The molecule has 0 unspecified atom stereocenters. The molecule has 37 heavy (non-hydrogen) atoms. The summed E-state index contributed by atoms with van der Waals surface area (Å²) in [6.45, 7) is 0. The van der Waals surface area contributed by atoms with Crippen LogP contribution in [-0.4, -0.2) is 26.0 Å². The molecule has 0 aliphatic rings. The molecule has 5 aromatic rings. The minimum absolute atomic E-state index is 0.0243. The Morgan fingerprint density at radius 1 is 1.05 bits per heavy atom. The average molecular weight is 526 g/mol. The highest BCUT2D eigenvalue weighted by Crippen LogP contribution is 2.35. The number of aliphatic carboxylic acids is 1. The number of aromatic amines is 2. The third-order valence-electron chi connectivity index (χ3n) is 5.89. The van der Waals surface area contributed by atoms with Gasteiger partial charge in [-0.05, 0) is 41.8 Å². The van der Waals surface area contributed by atoms with Crippen molar-refractivity contribution in [3.05, 3.63) is 100 Å². The van der Waals surface area contributed by atoms with Crippen molar-refractivity contribution in [1.29, 1.82) is 0 Å². The van der Waals surface area contributed by atoms with Crippen molar-refractivity contribution in [2.45, 2.75) is 19.3 Å². The van der Waals surface area contributed by atoms with Gasteiger partial charge in [-0.25, -0.2) is 18.2 Å². The number of aryl methyl sites for hydroxylation is 1. The molecule has 0 amide bonds. The van der Waals surface area contributed by atoms with Crippen LogP contribution in [0.15, 0.2) is 60.9 Å². The molecule has 0 fully saturated rings. The number of hydrogen-bond donors (Lipinski definition) is 3. The van der Waals surface area contributed by atoms with E-state index >= 15 is 0 Å². The van der Waals surface area contributed by atoms with Crippen LogP contribution in [0.2, 0.25) is 5.02 Å². The lowest BCUT2D eigenvalue weighted by Crippen LogP contribution is -2.00. The van der Waals surface area contributed by atoms with Gasteiger partial charge in [-0.2, -0.15) is 0 Å². The van der Waals surface area contributed by atoms with Crippen molar-refractivity contribution in [2.24, 2.45) is 0 Å². The van der Waals surface area contributed by atoms with Crippen LogP contribution in [0, 0.1) is 17.5 Å². The van der Waals surface area contributed by atoms with Gasteiger partial charge in [0.1, 0.15) is 17.4 Å². The normalized spacial score (nSPS) is 11.2. The van der Waals surface area contributed by atoms with Crippen LogP contribution >= 0.6 is 11.6 Å². The fraction of sp³-hybridized carbons (Fsp3) is 0.111. The molecule has 3 N–H and O–H groups in total. The van der Waals surface area contributed by atoms with Crippen LogP contribution in [0.25, 0.3) is 22.3 Å². The molecule has 0 spiro atoms. The Morgan fingerprint density at radius 3 is 2.68 bits per heavy atom. The van der Waals surface area contributed by atoms with E-state index in [1.165, 1.54) is 30.6 Å². The van der Waals surface area contributed by atoms with Crippen LogP contribution in [0.3, 0.4) is 0 Å². The zero-order chi connectivity index (χ0) is 26.1. The highest BCUT2D eigenvalue weighted by molar-refractivity contribution is 6.32. The number of hydrogen-bond acceptors (Lipinski definition) is 3. The van der Waals surface area contributed by atoms with Crippen LogP contribution in [-0.2, 0) is 17.6 Å². The van der Waals surface area contributed by atoms with E-state index in [0.717, 1.165) is 23.3 Å².